The monoisotopic (exact) mass is 380 g/mol. The van der Waals surface area contributed by atoms with Crippen LogP contribution < -0.4 is 0 Å². The van der Waals surface area contributed by atoms with Crippen molar-refractivity contribution in [3.8, 4) is 0 Å². The molecule has 8 atom stereocenters. The molecule has 1 heterocycles. The number of rotatable bonds is 0. The van der Waals surface area contributed by atoms with Crippen LogP contribution in [0, 0.1) is 34.5 Å². The maximum absolute atomic E-state index is 10.9. The van der Waals surface area contributed by atoms with Crippen molar-refractivity contribution in [3.63, 3.8) is 0 Å². The van der Waals surface area contributed by atoms with Gasteiger partial charge in [0.1, 0.15) is 5.72 Å². The highest BCUT2D eigenvalue weighted by atomic mass is 16.6. The van der Waals surface area contributed by atoms with E-state index in [1.54, 1.807) is 0 Å². The van der Waals surface area contributed by atoms with Gasteiger partial charge in [-0.3, -0.25) is 0 Å². The van der Waals surface area contributed by atoms with Crippen molar-refractivity contribution >= 4 is 0 Å². The summed E-state index contributed by atoms with van der Waals surface area (Å²) in [6.07, 6.45) is 2.91. The summed E-state index contributed by atoms with van der Waals surface area (Å²) in [5, 5.41) is 23.3. The van der Waals surface area contributed by atoms with Gasteiger partial charge in [0.25, 0.3) is 0 Å². The van der Waals surface area contributed by atoms with Gasteiger partial charge in [-0.05, 0) is 106 Å². The number of ether oxygens (including phenoxy) is 1. The second-order valence-electron chi connectivity index (χ2n) is 11.4. The Kier molecular flexibility index (Phi) is 3.31. The van der Waals surface area contributed by atoms with Gasteiger partial charge >= 0.3 is 0 Å². The van der Waals surface area contributed by atoms with Gasteiger partial charge in [-0.15, -0.1) is 0 Å². The molecule has 154 valence electrons. The lowest BCUT2D eigenvalue weighted by Crippen LogP contribution is -2.60. The SMILES string of the molecule is [2H]C1([2H])C[C@H]2[C@@H]3CC[C@H]4CC5(CC[C@]4(C)[C@H]3CC[C@]2(C)[C@@]1([2H])O)OCC(C)(C)N5O. The van der Waals surface area contributed by atoms with E-state index in [1.807, 2.05) is 20.8 Å². The average Bonchev–Trinajstić information content (AvgIpc) is 2.96. The van der Waals surface area contributed by atoms with Gasteiger partial charge in [0, 0.05) is 2.74 Å². The minimum atomic E-state index is -2.01. The smallest absolute Gasteiger partial charge is 0.144 e. The van der Waals surface area contributed by atoms with Crippen molar-refractivity contribution in [3.05, 3.63) is 0 Å². The third-order valence-electron chi connectivity index (χ3n) is 9.76. The highest BCUT2D eigenvalue weighted by Crippen LogP contribution is 2.67. The molecule has 1 saturated heterocycles. The fourth-order valence-corrected chi connectivity index (χ4v) is 7.92. The Morgan fingerprint density at radius 1 is 1.00 bits per heavy atom. The molecule has 4 saturated carbocycles. The van der Waals surface area contributed by atoms with Crippen molar-refractivity contribution in [2.45, 2.75) is 103 Å². The summed E-state index contributed by atoms with van der Waals surface area (Å²) >= 11 is 0. The third kappa shape index (κ3) is 2.36. The number of hydrogen-bond donors (Lipinski definition) is 2. The highest BCUT2D eigenvalue weighted by Gasteiger charge is 2.64. The molecule has 0 aromatic heterocycles. The van der Waals surface area contributed by atoms with E-state index in [2.05, 4.69) is 6.92 Å². The Morgan fingerprint density at radius 2 is 1.74 bits per heavy atom. The molecule has 1 aliphatic heterocycles. The molecule has 0 aromatic carbocycles. The van der Waals surface area contributed by atoms with Gasteiger partial charge in [0.2, 0.25) is 0 Å². The first-order chi connectivity index (χ1) is 13.7. The van der Waals surface area contributed by atoms with Crippen molar-refractivity contribution in [1.29, 1.82) is 0 Å². The van der Waals surface area contributed by atoms with Crippen molar-refractivity contribution in [2.75, 3.05) is 6.61 Å². The molecule has 5 rings (SSSR count). The standard InChI is InChI=1S/C23H39NO3/c1-20(2)14-27-23(24(20)26)12-11-21(3)15(13-23)5-6-16-17-7-8-19(25)22(17,4)10-9-18(16)21/h15-19,25-26H,5-14H2,1-4H3/t15-,16-,17-,18-,19-,21-,22-,23?/m0/s1/i8D2,19D. The average molecular weight is 381 g/mol. The zero-order chi connectivity index (χ0) is 22.0. The molecular weight excluding hydrogens is 338 g/mol. The van der Waals surface area contributed by atoms with Crippen LogP contribution in [0.4, 0.5) is 0 Å². The van der Waals surface area contributed by atoms with Crippen LogP contribution in [0.15, 0.2) is 0 Å². The fraction of sp³-hybridized carbons (Fsp3) is 1.00. The molecule has 0 aromatic rings. The van der Waals surface area contributed by atoms with Gasteiger partial charge in [0.05, 0.1) is 19.6 Å². The second-order valence-corrected chi connectivity index (χ2v) is 11.4. The molecule has 27 heavy (non-hydrogen) atoms. The Bertz CT molecular complexity index is 745. The van der Waals surface area contributed by atoms with Crippen LogP contribution in [0.2, 0.25) is 0 Å². The predicted molar refractivity (Wildman–Crippen MR) is 104 cm³/mol. The molecule has 4 aliphatic carbocycles. The number of hydrogen-bond acceptors (Lipinski definition) is 4. The van der Waals surface area contributed by atoms with Crippen LogP contribution in [0.25, 0.3) is 0 Å². The summed E-state index contributed by atoms with van der Waals surface area (Å²) in [4.78, 5) is 0. The normalized spacial score (nSPS) is 63.6. The number of hydroxylamine groups is 2. The molecular formula is C23H39NO3. The molecule has 2 N–H and O–H groups in total. The van der Waals surface area contributed by atoms with Gasteiger partial charge in [-0.2, -0.15) is 5.06 Å². The first-order valence-corrected chi connectivity index (χ1v) is 11.1. The zero-order valence-corrected chi connectivity index (χ0v) is 17.4. The summed E-state index contributed by atoms with van der Waals surface area (Å²) in [7, 11) is 0. The second kappa shape index (κ2) is 5.71. The first-order valence-electron chi connectivity index (χ1n) is 12.6. The molecule has 1 spiro atoms. The molecule has 5 aliphatic rings. The lowest BCUT2D eigenvalue weighted by Gasteiger charge is -2.62. The molecule has 4 nitrogen and oxygen atoms in total. The minimum absolute atomic E-state index is 0.0680. The van der Waals surface area contributed by atoms with Crippen LogP contribution >= 0.6 is 0 Å². The van der Waals surface area contributed by atoms with E-state index in [1.165, 1.54) is 5.06 Å². The third-order valence-corrected chi connectivity index (χ3v) is 9.76. The van der Waals surface area contributed by atoms with E-state index in [4.69, 9.17) is 8.85 Å². The fourth-order valence-electron chi connectivity index (χ4n) is 7.92. The lowest BCUT2D eigenvalue weighted by molar-refractivity contribution is -0.283. The Balaban J connectivity index is 1.42. The van der Waals surface area contributed by atoms with Crippen LogP contribution in [0.3, 0.4) is 0 Å². The summed E-state index contributed by atoms with van der Waals surface area (Å²) in [6, 6.07) is 0. The zero-order valence-electron chi connectivity index (χ0n) is 20.4. The molecule has 0 amide bonds. The van der Waals surface area contributed by atoms with E-state index in [-0.39, 0.29) is 16.9 Å². The van der Waals surface area contributed by atoms with E-state index < -0.39 is 23.6 Å². The number of nitrogens with zero attached hydrogens (tertiary/aromatic N) is 1. The number of aliphatic hydroxyl groups is 1. The predicted octanol–water partition coefficient (Wildman–Crippen LogP) is 4.59. The van der Waals surface area contributed by atoms with E-state index in [0.717, 1.165) is 44.9 Å². The topological polar surface area (TPSA) is 52.9 Å². The van der Waals surface area contributed by atoms with Crippen LogP contribution in [-0.2, 0) is 4.74 Å². The van der Waals surface area contributed by atoms with E-state index in [9.17, 15) is 10.3 Å². The summed E-state index contributed by atoms with van der Waals surface area (Å²) < 4.78 is 31.6. The van der Waals surface area contributed by atoms with Crippen molar-refractivity contribution in [2.24, 2.45) is 34.5 Å². The molecule has 0 bridgehead atoms. The quantitative estimate of drug-likeness (QED) is 0.645. The first kappa shape index (κ1) is 15.6. The van der Waals surface area contributed by atoms with Gasteiger partial charge in [0.15, 0.2) is 0 Å². The molecule has 1 unspecified atom stereocenters. The maximum atomic E-state index is 10.9. The van der Waals surface area contributed by atoms with Crippen molar-refractivity contribution in [1.82, 2.24) is 5.06 Å². The Hall–Kier alpha value is -0.160. The van der Waals surface area contributed by atoms with Crippen molar-refractivity contribution < 1.29 is 19.2 Å². The maximum Gasteiger partial charge on any atom is 0.144 e. The molecule has 5 fully saturated rings. The number of fused-ring (bicyclic) bond motifs is 5. The largest absolute Gasteiger partial charge is 0.393 e. The molecule has 0 radical (unpaired) electrons. The lowest BCUT2D eigenvalue weighted by atomic mass is 9.44. The summed E-state index contributed by atoms with van der Waals surface area (Å²) in [6.45, 7) is 9.00. The highest BCUT2D eigenvalue weighted by molar-refractivity contribution is 5.11. The molecule has 4 heteroatoms. The van der Waals surface area contributed by atoms with Gasteiger partial charge in [-0.1, -0.05) is 13.8 Å². The van der Waals surface area contributed by atoms with Crippen LogP contribution in [0.1, 0.15) is 89.5 Å². The van der Waals surface area contributed by atoms with E-state index in [0.29, 0.717) is 30.8 Å². The Morgan fingerprint density at radius 3 is 2.44 bits per heavy atom. The minimum Gasteiger partial charge on any atom is -0.393 e. The van der Waals surface area contributed by atoms with Crippen LogP contribution in [-0.4, -0.2) is 39.3 Å². The summed E-state index contributed by atoms with van der Waals surface area (Å²) in [5.74, 6) is 1.42. The van der Waals surface area contributed by atoms with Gasteiger partial charge in [-0.25, -0.2) is 0 Å². The van der Waals surface area contributed by atoms with E-state index >= 15 is 0 Å². The summed E-state index contributed by atoms with van der Waals surface area (Å²) in [5.41, 5.74) is -1.43. The Labute approximate surface area is 168 Å². The van der Waals surface area contributed by atoms with Gasteiger partial charge < -0.3 is 15.1 Å². The van der Waals surface area contributed by atoms with Crippen LogP contribution in [0.5, 0.6) is 0 Å².